The maximum Gasteiger partial charge on any atom is 0.123 e. The van der Waals surface area contributed by atoms with Crippen molar-refractivity contribution in [1.82, 2.24) is 5.32 Å². The quantitative estimate of drug-likeness (QED) is 0.822. The molecule has 1 saturated carbocycles. The molecule has 3 heteroatoms. The Morgan fingerprint density at radius 3 is 2.59 bits per heavy atom. The van der Waals surface area contributed by atoms with Gasteiger partial charge in [0, 0.05) is 11.6 Å². The Balaban J connectivity index is 2.31. The molecule has 3 nitrogen and oxygen atoms in total. The van der Waals surface area contributed by atoms with Crippen molar-refractivity contribution in [3.8, 4) is 11.5 Å². The summed E-state index contributed by atoms with van der Waals surface area (Å²) >= 11 is 0. The summed E-state index contributed by atoms with van der Waals surface area (Å²) in [4.78, 5) is 0. The van der Waals surface area contributed by atoms with E-state index in [1.807, 2.05) is 12.1 Å². The number of rotatable bonds is 6. The molecule has 0 saturated heterocycles. The molecule has 1 aromatic carbocycles. The van der Waals surface area contributed by atoms with Crippen LogP contribution in [0.1, 0.15) is 31.4 Å². The molecule has 0 amide bonds. The van der Waals surface area contributed by atoms with Crippen molar-refractivity contribution < 1.29 is 9.47 Å². The van der Waals surface area contributed by atoms with Gasteiger partial charge < -0.3 is 14.8 Å². The number of ether oxygens (including phenoxy) is 2. The van der Waals surface area contributed by atoms with Crippen LogP contribution in [0.15, 0.2) is 18.2 Å². The third-order valence-corrected chi connectivity index (χ3v) is 3.29. The minimum atomic E-state index is 0.394. The van der Waals surface area contributed by atoms with Crippen molar-refractivity contribution in [1.29, 1.82) is 0 Å². The van der Waals surface area contributed by atoms with Gasteiger partial charge in [-0.3, -0.25) is 0 Å². The van der Waals surface area contributed by atoms with Gasteiger partial charge in [0.2, 0.25) is 0 Å². The van der Waals surface area contributed by atoms with E-state index in [1.165, 1.54) is 18.4 Å². The van der Waals surface area contributed by atoms with Crippen LogP contribution in [0, 0.1) is 5.92 Å². The standard InChI is InChI=1S/C14H21NO2/c1-4-15-14(10-5-6-10)12-9-11(16-2)7-8-13(12)17-3/h7-10,14-15H,4-6H2,1-3H3. The van der Waals surface area contributed by atoms with Gasteiger partial charge in [0.05, 0.1) is 14.2 Å². The molecule has 1 unspecified atom stereocenters. The van der Waals surface area contributed by atoms with Crippen LogP contribution in [0.2, 0.25) is 0 Å². The lowest BCUT2D eigenvalue weighted by molar-refractivity contribution is 0.384. The second-order valence-corrected chi connectivity index (χ2v) is 4.48. The molecule has 0 aromatic heterocycles. The molecule has 1 aliphatic rings. The highest BCUT2D eigenvalue weighted by Crippen LogP contribution is 2.44. The van der Waals surface area contributed by atoms with Crippen molar-refractivity contribution in [3.63, 3.8) is 0 Å². The third-order valence-electron chi connectivity index (χ3n) is 3.29. The Kier molecular flexibility index (Phi) is 3.89. The Morgan fingerprint density at radius 1 is 1.29 bits per heavy atom. The van der Waals surface area contributed by atoms with E-state index >= 15 is 0 Å². The normalized spacial score (nSPS) is 16.6. The molecule has 94 valence electrons. The topological polar surface area (TPSA) is 30.5 Å². The summed E-state index contributed by atoms with van der Waals surface area (Å²) in [5.41, 5.74) is 1.22. The highest BCUT2D eigenvalue weighted by Gasteiger charge is 2.33. The summed E-state index contributed by atoms with van der Waals surface area (Å²) in [6.45, 7) is 3.11. The van der Waals surface area contributed by atoms with Gasteiger partial charge in [-0.25, -0.2) is 0 Å². The monoisotopic (exact) mass is 235 g/mol. The fourth-order valence-corrected chi connectivity index (χ4v) is 2.26. The largest absolute Gasteiger partial charge is 0.497 e. The molecule has 0 spiro atoms. The van der Waals surface area contributed by atoms with E-state index in [2.05, 4.69) is 18.3 Å². The Bertz CT molecular complexity index is 374. The first-order valence-electron chi connectivity index (χ1n) is 6.25. The molecule has 17 heavy (non-hydrogen) atoms. The average molecular weight is 235 g/mol. The van der Waals surface area contributed by atoms with E-state index in [0.717, 1.165) is 24.0 Å². The maximum absolute atomic E-state index is 5.45. The van der Waals surface area contributed by atoms with Gasteiger partial charge in [-0.15, -0.1) is 0 Å². The predicted molar refractivity (Wildman–Crippen MR) is 68.7 cm³/mol. The van der Waals surface area contributed by atoms with Gasteiger partial charge in [-0.1, -0.05) is 6.92 Å². The van der Waals surface area contributed by atoms with Gasteiger partial charge in [0.1, 0.15) is 11.5 Å². The number of hydrogen-bond donors (Lipinski definition) is 1. The maximum atomic E-state index is 5.45. The highest BCUT2D eigenvalue weighted by molar-refractivity contribution is 5.43. The summed E-state index contributed by atoms with van der Waals surface area (Å²) in [5.74, 6) is 2.59. The van der Waals surface area contributed by atoms with Crippen LogP contribution in [-0.2, 0) is 0 Å². The minimum absolute atomic E-state index is 0.394. The third kappa shape index (κ3) is 2.72. The molecular formula is C14H21NO2. The number of nitrogens with one attached hydrogen (secondary N) is 1. The lowest BCUT2D eigenvalue weighted by Gasteiger charge is -2.21. The number of hydrogen-bond acceptors (Lipinski definition) is 3. The van der Waals surface area contributed by atoms with Gasteiger partial charge in [0.25, 0.3) is 0 Å². The Labute approximate surface area is 103 Å². The molecule has 0 bridgehead atoms. The molecule has 2 rings (SSSR count). The first-order chi connectivity index (χ1) is 8.30. The van der Waals surface area contributed by atoms with Crippen LogP contribution in [0.4, 0.5) is 0 Å². The summed E-state index contributed by atoms with van der Waals surface area (Å²) in [6, 6.07) is 6.41. The SMILES string of the molecule is CCNC(c1cc(OC)ccc1OC)C1CC1. The molecule has 1 aromatic rings. The molecule has 1 aliphatic carbocycles. The van der Waals surface area contributed by atoms with Crippen molar-refractivity contribution >= 4 is 0 Å². The van der Waals surface area contributed by atoms with E-state index < -0.39 is 0 Å². The molecule has 0 radical (unpaired) electrons. The first-order valence-corrected chi connectivity index (χ1v) is 6.25. The van der Waals surface area contributed by atoms with E-state index in [0.29, 0.717) is 6.04 Å². The van der Waals surface area contributed by atoms with E-state index in [4.69, 9.17) is 9.47 Å². The summed E-state index contributed by atoms with van der Waals surface area (Å²) in [6.07, 6.45) is 2.61. The average Bonchev–Trinajstić information content (AvgIpc) is 3.19. The summed E-state index contributed by atoms with van der Waals surface area (Å²) in [7, 11) is 3.42. The van der Waals surface area contributed by atoms with Gasteiger partial charge in [-0.2, -0.15) is 0 Å². The molecule has 0 heterocycles. The smallest absolute Gasteiger partial charge is 0.123 e. The molecule has 0 aliphatic heterocycles. The minimum Gasteiger partial charge on any atom is -0.497 e. The van der Waals surface area contributed by atoms with Crippen molar-refractivity contribution in [2.45, 2.75) is 25.8 Å². The lowest BCUT2D eigenvalue weighted by Crippen LogP contribution is -2.23. The van der Waals surface area contributed by atoms with Crippen LogP contribution in [0.3, 0.4) is 0 Å². The second kappa shape index (κ2) is 5.41. The van der Waals surface area contributed by atoms with Gasteiger partial charge in [-0.05, 0) is 43.5 Å². The second-order valence-electron chi connectivity index (χ2n) is 4.48. The van der Waals surface area contributed by atoms with E-state index in [1.54, 1.807) is 14.2 Å². The van der Waals surface area contributed by atoms with Gasteiger partial charge >= 0.3 is 0 Å². The van der Waals surface area contributed by atoms with Crippen molar-refractivity contribution in [2.75, 3.05) is 20.8 Å². The summed E-state index contributed by atoms with van der Waals surface area (Å²) in [5, 5.41) is 3.55. The van der Waals surface area contributed by atoms with Crippen LogP contribution in [0.25, 0.3) is 0 Å². The summed E-state index contributed by atoms with van der Waals surface area (Å²) < 4.78 is 10.8. The van der Waals surface area contributed by atoms with Crippen molar-refractivity contribution in [3.05, 3.63) is 23.8 Å². The fourth-order valence-electron chi connectivity index (χ4n) is 2.26. The molecule has 1 N–H and O–H groups in total. The van der Waals surface area contributed by atoms with Crippen LogP contribution >= 0.6 is 0 Å². The highest BCUT2D eigenvalue weighted by atomic mass is 16.5. The van der Waals surface area contributed by atoms with E-state index in [9.17, 15) is 0 Å². The Hall–Kier alpha value is -1.22. The van der Waals surface area contributed by atoms with Crippen LogP contribution in [0.5, 0.6) is 11.5 Å². The van der Waals surface area contributed by atoms with Crippen LogP contribution in [-0.4, -0.2) is 20.8 Å². The van der Waals surface area contributed by atoms with E-state index in [-0.39, 0.29) is 0 Å². The Morgan fingerprint density at radius 2 is 2.06 bits per heavy atom. The zero-order valence-corrected chi connectivity index (χ0v) is 10.8. The molecule has 1 fully saturated rings. The lowest BCUT2D eigenvalue weighted by atomic mass is 10.0. The fraction of sp³-hybridized carbons (Fsp3) is 0.571. The molecule has 1 atom stereocenters. The number of methoxy groups -OCH3 is 2. The van der Waals surface area contributed by atoms with Gasteiger partial charge in [0.15, 0.2) is 0 Å². The zero-order chi connectivity index (χ0) is 12.3. The number of benzene rings is 1. The van der Waals surface area contributed by atoms with Crippen molar-refractivity contribution in [2.24, 2.45) is 5.92 Å². The molecular weight excluding hydrogens is 214 g/mol. The van der Waals surface area contributed by atoms with Crippen LogP contribution < -0.4 is 14.8 Å². The zero-order valence-electron chi connectivity index (χ0n) is 10.8. The predicted octanol–water partition coefficient (Wildman–Crippen LogP) is 2.76. The first kappa shape index (κ1) is 12.2.